The fraction of sp³-hybridized carbons (Fsp3) is 0.400. The molecule has 0 unspecified atom stereocenters. The molecule has 2 aromatic rings. The van der Waals surface area contributed by atoms with Crippen LogP contribution in [-0.4, -0.2) is 40.7 Å². The van der Waals surface area contributed by atoms with Gasteiger partial charge in [-0.1, -0.05) is 37.3 Å². The van der Waals surface area contributed by atoms with Crippen molar-refractivity contribution in [2.45, 2.75) is 39.2 Å². The Bertz CT molecular complexity index is 795. The Labute approximate surface area is 148 Å². The number of hydrogen-bond acceptors (Lipinski definition) is 3. The second-order valence-electron chi connectivity index (χ2n) is 6.78. The highest BCUT2D eigenvalue weighted by atomic mass is 16.2. The maximum Gasteiger partial charge on any atom is 0.270 e. The standard InChI is InChI=1S/C20H25N3O2/c1-4-15-18(13(3)24)12(2)22-19(15)20(25)23-10-16(17(21)11-23)14-8-6-5-7-9-14/h5-9,16-17,22H,4,10-11,21H2,1-3H3/t16-,17+/m0/s1. The summed E-state index contributed by atoms with van der Waals surface area (Å²) in [6.07, 6.45) is 0.641. The van der Waals surface area contributed by atoms with E-state index in [0.717, 1.165) is 16.8 Å². The third-order valence-corrected chi connectivity index (χ3v) is 5.09. The molecule has 1 aliphatic heterocycles. The predicted molar refractivity (Wildman–Crippen MR) is 98.0 cm³/mol. The summed E-state index contributed by atoms with van der Waals surface area (Å²) in [7, 11) is 0. The molecule has 1 aromatic heterocycles. The van der Waals surface area contributed by atoms with Crippen LogP contribution in [0.3, 0.4) is 0 Å². The summed E-state index contributed by atoms with van der Waals surface area (Å²) in [4.78, 5) is 29.9. The van der Waals surface area contributed by atoms with Crippen molar-refractivity contribution in [3.63, 3.8) is 0 Å². The molecule has 1 aliphatic rings. The molecule has 3 N–H and O–H groups in total. The summed E-state index contributed by atoms with van der Waals surface area (Å²) in [5.74, 6) is 0.0600. The summed E-state index contributed by atoms with van der Waals surface area (Å²) in [5.41, 5.74) is 10.2. The van der Waals surface area contributed by atoms with Crippen molar-refractivity contribution in [3.05, 3.63) is 58.4 Å². The van der Waals surface area contributed by atoms with Gasteiger partial charge in [-0.15, -0.1) is 0 Å². The van der Waals surface area contributed by atoms with Gasteiger partial charge in [-0.3, -0.25) is 9.59 Å². The number of hydrogen-bond donors (Lipinski definition) is 2. The number of aryl methyl sites for hydroxylation is 1. The van der Waals surface area contributed by atoms with E-state index < -0.39 is 0 Å². The Balaban J connectivity index is 1.88. The number of nitrogens with one attached hydrogen (secondary N) is 1. The van der Waals surface area contributed by atoms with Crippen molar-refractivity contribution in [1.82, 2.24) is 9.88 Å². The van der Waals surface area contributed by atoms with E-state index in [1.165, 1.54) is 0 Å². The first kappa shape index (κ1) is 17.4. The second-order valence-corrected chi connectivity index (χ2v) is 6.78. The number of carbonyl (C=O) groups is 2. The van der Waals surface area contributed by atoms with E-state index in [-0.39, 0.29) is 23.7 Å². The summed E-state index contributed by atoms with van der Waals surface area (Å²) in [5, 5.41) is 0. The van der Waals surface area contributed by atoms with Crippen LogP contribution < -0.4 is 5.73 Å². The summed E-state index contributed by atoms with van der Waals surface area (Å²) < 4.78 is 0. The molecule has 1 saturated heterocycles. The van der Waals surface area contributed by atoms with Gasteiger partial charge in [0, 0.05) is 36.3 Å². The molecule has 2 atom stereocenters. The maximum atomic E-state index is 13.1. The lowest BCUT2D eigenvalue weighted by molar-refractivity contribution is 0.0783. The largest absolute Gasteiger partial charge is 0.354 e. The van der Waals surface area contributed by atoms with Gasteiger partial charge in [0.15, 0.2) is 5.78 Å². The lowest BCUT2D eigenvalue weighted by Crippen LogP contribution is -2.32. The number of amides is 1. The lowest BCUT2D eigenvalue weighted by Gasteiger charge is -2.17. The zero-order valence-electron chi connectivity index (χ0n) is 15.0. The smallest absolute Gasteiger partial charge is 0.270 e. The molecular weight excluding hydrogens is 314 g/mol. The maximum absolute atomic E-state index is 13.1. The van der Waals surface area contributed by atoms with E-state index in [4.69, 9.17) is 5.73 Å². The first-order valence-corrected chi connectivity index (χ1v) is 8.76. The number of rotatable bonds is 4. The van der Waals surface area contributed by atoms with E-state index in [1.807, 2.05) is 32.0 Å². The van der Waals surface area contributed by atoms with Gasteiger partial charge in [-0.2, -0.15) is 0 Å². The van der Waals surface area contributed by atoms with Crippen molar-refractivity contribution in [2.24, 2.45) is 5.73 Å². The molecule has 5 heteroatoms. The van der Waals surface area contributed by atoms with Crippen molar-refractivity contribution < 1.29 is 9.59 Å². The average molecular weight is 339 g/mol. The highest BCUT2D eigenvalue weighted by molar-refractivity contribution is 6.02. The molecule has 0 bridgehead atoms. The Morgan fingerprint density at radius 1 is 1.24 bits per heavy atom. The second kappa shape index (κ2) is 6.84. The van der Waals surface area contributed by atoms with Crippen LogP contribution in [-0.2, 0) is 6.42 Å². The number of aromatic amines is 1. The number of ketones is 1. The topological polar surface area (TPSA) is 79.2 Å². The number of likely N-dealkylation sites (tertiary alicyclic amines) is 1. The molecule has 0 radical (unpaired) electrons. The molecule has 132 valence electrons. The van der Waals surface area contributed by atoms with E-state index >= 15 is 0 Å². The highest BCUT2D eigenvalue weighted by Gasteiger charge is 2.36. The van der Waals surface area contributed by atoms with Gasteiger partial charge in [0.05, 0.1) is 0 Å². The third kappa shape index (κ3) is 3.12. The number of H-pyrrole nitrogens is 1. The van der Waals surface area contributed by atoms with Gasteiger partial charge in [0.1, 0.15) is 5.69 Å². The van der Waals surface area contributed by atoms with Crippen molar-refractivity contribution in [2.75, 3.05) is 13.1 Å². The van der Waals surface area contributed by atoms with Crippen LogP contribution in [0.25, 0.3) is 0 Å². The van der Waals surface area contributed by atoms with Crippen LogP contribution in [0, 0.1) is 6.92 Å². The van der Waals surface area contributed by atoms with Gasteiger partial charge in [0.2, 0.25) is 0 Å². The van der Waals surface area contributed by atoms with Gasteiger partial charge in [-0.05, 0) is 31.4 Å². The molecule has 0 aliphatic carbocycles. The highest BCUT2D eigenvalue weighted by Crippen LogP contribution is 2.29. The molecule has 1 amide bonds. The number of nitrogens with zero attached hydrogens (tertiary/aromatic N) is 1. The SMILES string of the molecule is CCc1c(C(=O)N2C[C@@H](N)[C@H](c3ccccc3)C2)[nH]c(C)c1C(C)=O. The Morgan fingerprint density at radius 3 is 2.52 bits per heavy atom. The zero-order valence-corrected chi connectivity index (χ0v) is 15.0. The first-order chi connectivity index (χ1) is 11.9. The van der Waals surface area contributed by atoms with Crippen molar-refractivity contribution in [3.8, 4) is 0 Å². The number of carbonyl (C=O) groups excluding carboxylic acids is 2. The monoisotopic (exact) mass is 339 g/mol. The van der Waals surface area contributed by atoms with E-state index in [1.54, 1.807) is 11.8 Å². The third-order valence-electron chi connectivity index (χ3n) is 5.09. The van der Waals surface area contributed by atoms with Gasteiger partial charge < -0.3 is 15.6 Å². The van der Waals surface area contributed by atoms with E-state index in [9.17, 15) is 9.59 Å². The van der Waals surface area contributed by atoms with Crippen LogP contribution in [0.5, 0.6) is 0 Å². The number of Topliss-reactive ketones (excluding diaryl/α,β-unsaturated/α-hetero) is 1. The molecule has 5 nitrogen and oxygen atoms in total. The van der Waals surface area contributed by atoms with Crippen LogP contribution in [0.15, 0.2) is 30.3 Å². The van der Waals surface area contributed by atoms with Gasteiger partial charge in [-0.25, -0.2) is 0 Å². The minimum absolute atomic E-state index is 0.00932. The molecule has 0 spiro atoms. The Kier molecular flexibility index (Phi) is 4.77. The predicted octanol–water partition coefficient (Wildman–Crippen LogP) is 2.66. The fourth-order valence-electron chi connectivity index (χ4n) is 3.90. The molecule has 25 heavy (non-hydrogen) atoms. The number of aromatic nitrogens is 1. The van der Waals surface area contributed by atoms with Crippen LogP contribution >= 0.6 is 0 Å². The molecule has 1 fully saturated rings. The number of benzene rings is 1. The summed E-state index contributed by atoms with van der Waals surface area (Å²) in [6.45, 7) is 6.47. The van der Waals surface area contributed by atoms with Crippen LogP contribution in [0.2, 0.25) is 0 Å². The summed E-state index contributed by atoms with van der Waals surface area (Å²) >= 11 is 0. The quantitative estimate of drug-likeness (QED) is 0.841. The van der Waals surface area contributed by atoms with Gasteiger partial charge >= 0.3 is 0 Å². The minimum Gasteiger partial charge on any atom is -0.354 e. The Hall–Kier alpha value is -2.40. The molecule has 2 heterocycles. The van der Waals surface area contributed by atoms with Crippen molar-refractivity contribution >= 4 is 11.7 Å². The van der Waals surface area contributed by atoms with Crippen LogP contribution in [0.4, 0.5) is 0 Å². The minimum atomic E-state index is -0.0836. The average Bonchev–Trinajstić information content (AvgIpc) is 3.15. The van der Waals surface area contributed by atoms with Gasteiger partial charge in [0.25, 0.3) is 5.91 Å². The molecular formula is C20H25N3O2. The molecule has 1 aromatic carbocycles. The summed E-state index contributed by atoms with van der Waals surface area (Å²) in [6, 6.07) is 10.0. The number of nitrogens with two attached hydrogens (primary N) is 1. The van der Waals surface area contributed by atoms with Crippen LogP contribution in [0.1, 0.15) is 57.4 Å². The Morgan fingerprint density at radius 2 is 1.92 bits per heavy atom. The molecule has 3 rings (SSSR count). The molecule has 0 saturated carbocycles. The lowest BCUT2D eigenvalue weighted by atomic mass is 9.95. The van der Waals surface area contributed by atoms with E-state index in [2.05, 4.69) is 17.1 Å². The fourth-order valence-corrected chi connectivity index (χ4v) is 3.90. The van der Waals surface area contributed by atoms with E-state index in [0.29, 0.717) is 30.8 Å². The first-order valence-electron chi connectivity index (χ1n) is 8.76. The van der Waals surface area contributed by atoms with Crippen molar-refractivity contribution in [1.29, 1.82) is 0 Å². The zero-order chi connectivity index (χ0) is 18.1. The normalized spacial score (nSPS) is 20.1.